The Morgan fingerprint density at radius 3 is 2.08 bits per heavy atom. The summed E-state index contributed by atoms with van der Waals surface area (Å²) in [7, 11) is 0. The third kappa shape index (κ3) is 7.14. The van der Waals surface area contributed by atoms with Gasteiger partial charge in [0.25, 0.3) is 0 Å². The van der Waals surface area contributed by atoms with E-state index in [2.05, 4.69) is 11.7 Å². The van der Waals surface area contributed by atoms with E-state index in [1.807, 2.05) is 36.4 Å². The van der Waals surface area contributed by atoms with E-state index in [1.165, 1.54) is 5.56 Å². The van der Waals surface area contributed by atoms with Gasteiger partial charge in [-0.05, 0) is 5.56 Å². The van der Waals surface area contributed by atoms with Gasteiger partial charge < -0.3 is 4.55 Å². The lowest BCUT2D eigenvalue weighted by Crippen LogP contribution is -1.97. The quantitative estimate of drug-likeness (QED) is 0.663. The van der Waals surface area contributed by atoms with Gasteiger partial charge in [-0.25, -0.2) is 0 Å². The van der Waals surface area contributed by atoms with E-state index in [0.717, 1.165) is 0 Å². The highest BCUT2D eigenvalue weighted by atomic mass is 32.2. The summed E-state index contributed by atoms with van der Waals surface area (Å²) in [4.78, 5) is 0. The van der Waals surface area contributed by atoms with Crippen LogP contribution in [0.25, 0.3) is 6.08 Å². The lowest BCUT2D eigenvalue weighted by Gasteiger charge is -1.85. The highest BCUT2D eigenvalue weighted by Crippen LogP contribution is 1.97. The van der Waals surface area contributed by atoms with Crippen molar-refractivity contribution >= 4 is 17.3 Å². The van der Waals surface area contributed by atoms with E-state index >= 15 is 0 Å². The third-order valence-electron chi connectivity index (χ3n) is 1.04. The van der Waals surface area contributed by atoms with Crippen molar-refractivity contribution in [3.05, 3.63) is 42.5 Å². The smallest absolute Gasteiger partial charge is 0.0152 e. The number of nitrogens with two attached hydrogens (primary N) is 1. The zero-order valence-electron chi connectivity index (χ0n) is 6.47. The minimum Gasteiger partial charge on any atom is -0.760 e. The molecule has 0 saturated heterocycles. The maximum atomic E-state index is 8.78. The molecule has 0 aliphatic carbocycles. The predicted octanol–water partition coefficient (Wildman–Crippen LogP) is 1.07. The van der Waals surface area contributed by atoms with Gasteiger partial charge in [-0.1, -0.05) is 43.0 Å². The van der Waals surface area contributed by atoms with Crippen LogP contribution in [-0.4, -0.2) is 8.76 Å². The van der Waals surface area contributed by atoms with E-state index in [1.54, 1.807) is 0 Å². The summed E-state index contributed by atoms with van der Waals surface area (Å²) in [5.74, 6) is 0. The van der Waals surface area contributed by atoms with Gasteiger partial charge in [0.05, 0.1) is 0 Å². The van der Waals surface area contributed by atoms with Gasteiger partial charge in [0, 0.05) is 11.3 Å². The Kier molecular flexibility index (Phi) is 6.18. The van der Waals surface area contributed by atoms with Gasteiger partial charge >= 0.3 is 0 Å². The van der Waals surface area contributed by atoms with E-state index in [-0.39, 0.29) is 0 Å². The maximum Gasteiger partial charge on any atom is 0.0152 e. The number of benzene rings is 1. The molecule has 66 valence electrons. The highest BCUT2D eigenvalue weighted by Gasteiger charge is 1.75. The average molecular weight is 184 g/mol. The molecule has 1 rings (SSSR count). The van der Waals surface area contributed by atoms with Gasteiger partial charge in [-0.15, -0.1) is 0 Å². The first-order chi connectivity index (χ1) is 5.66. The van der Waals surface area contributed by atoms with Crippen LogP contribution in [0.4, 0.5) is 0 Å². The van der Waals surface area contributed by atoms with Crippen molar-refractivity contribution in [2.24, 2.45) is 5.14 Å². The molecule has 0 aliphatic rings. The summed E-state index contributed by atoms with van der Waals surface area (Å²) in [6.07, 6.45) is 1.83. The lowest BCUT2D eigenvalue weighted by molar-refractivity contribution is 0.539. The van der Waals surface area contributed by atoms with Gasteiger partial charge in [-0.3, -0.25) is 9.35 Å². The zero-order chi connectivity index (χ0) is 9.40. The fraction of sp³-hybridized carbons (Fsp3) is 0. The zero-order valence-corrected chi connectivity index (χ0v) is 7.29. The minimum atomic E-state index is -2.36. The predicted molar refractivity (Wildman–Crippen MR) is 49.6 cm³/mol. The third-order valence-corrected chi connectivity index (χ3v) is 1.04. The number of hydrogen-bond donors (Lipinski definition) is 1. The van der Waals surface area contributed by atoms with Crippen LogP contribution in [0.3, 0.4) is 0 Å². The Labute approximate surface area is 74.3 Å². The molecule has 1 aromatic rings. The van der Waals surface area contributed by atoms with E-state index in [4.69, 9.17) is 8.76 Å². The monoisotopic (exact) mass is 184 g/mol. The maximum absolute atomic E-state index is 8.78. The summed E-state index contributed by atoms with van der Waals surface area (Å²) in [6, 6.07) is 10.0. The Morgan fingerprint density at radius 2 is 1.83 bits per heavy atom. The van der Waals surface area contributed by atoms with Crippen LogP contribution in [0, 0.1) is 0 Å². The summed E-state index contributed by atoms with van der Waals surface area (Å²) < 4.78 is 17.6. The second-order valence-electron chi connectivity index (χ2n) is 1.88. The van der Waals surface area contributed by atoms with Crippen molar-refractivity contribution in [3.8, 4) is 0 Å². The molecule has 0 amide bonds. The van der Waals surface area contributed by atoms with Crippen LogP contribution in [-0.2, 0) is 11.3 Å². The van der Waals surface area contributed by atoms with Gasteiger partial charge in [-0.2, -0.15) is 0 Å². The van der Waals surface area contributed by atoms with E-state index in [0.29, 0.717) is 0 Å². The average Bonchev–Trinajstić information content (AvgIpc) is 2.05. The van der Waals surface area contributed by atoms with Crippen LogP contribution < -0.4 is 5.14 Å². The molecule has 12 heavy (non-hydrogen) atoms. The summed E-state index contributed by atoms with van der Waals surface area (Å²) in [5, 5.41) is 4.03. The van der Waals surface area contributed by atoms with Crippen molar-refractivity contribution in [2.75, 3.05) is 0 Å². The number of hydrogen-bond acceptors (Lipinski definition) is 2. The fourth-order valence-corrected chi connectivity index (χ4v) is 0.589. The van der Waals surface area contributed by atoms with Crippen molar-refractivity contribution in [1.29, 1.82) is 0 Å². The molecule has 0 aliphatic heterocycles. The molecule has 3 nitrogen and oxygen atoms in total. The molecule has 0 aromatic heterocycles. The molecular formula is C8H10NO2S-. The number of rotatable bonds is 1. The molecule has 0 saturated carbocycles. The Hall–Kier alpha value is -0.970. The molecule has 1 aromatic carbocycles. The largest absolute Gasteiger partial charge is 0.760 e. The Balaban J connectivity index is 0.000000261. The molecule has 1 unspecified atom stereocenters. The standard InChI is InChI=1S/C8H8.H3NO2S/c1-2-8-6-4-3-5-7-8;1-4(2)3/h2-7H,1H2;1H2,(H,2,3)/p-1. The summed E-state index contributed by atoms with van der Waals surface area (Å²) in [5.41, 5.74) is 1.17. The van der Waals surface area contributed by atoms with Crippen LogP contribution in [0.2, 0.25) is 0 Å². The van der Waals surface area contributed by atoms with Crippen LogP contribution in [0.5, 0.6) is 0 Å². The molecule has 4 heteroatoms. The van der Waals surface area contributed by atoms with Crippen LogP contribution >= 0.6 is 0 Å². The molecule has 0 bridgehead atoms. The first kappa shape index (κ1) is 11.0. The normalized spacial score (nSPS) is 10.8. The highest BCUT2D eigenvalue weighted by molar-refractivity contribution is 7.76. The second kappa shape index (κ2) is 6.72. The van der Waals surface area contributed by atoms with E-state index < -0.39 is 11.3 Å². The topological polar surface area (TPSA) is 66.2 Å². The summed E-state index contributed by atoms with van der Waals surface area (Å²) >= 11 is -2.36. The Bertz CT molecular complexity index is 244. The van der Waals surface area contributed by atoms with Gasteiger partial charge in [0.1, 0.15) is 0 Å². The van der Waals surface area contributed by atoms with Crippen LogP contribution in [0.15, 0.2) is 36.9 Å². The molecule has 0 spiro atoms. The molecule has 1 atom stereocenters. The van der Waals surface area contributed by atoms with Crippen molar-refractivity contribution in [2.45, 2.75) is 0 Å². The Morgan fingerprint density at radius 1 is 1.42 bits per heavy atom. The molecular weight excluding hydrogens is 174 g/mol. The van der Waals surface area contributed by atoms with Gasteiger partial charge in [0.15, 0.2) is 0 Å². The molecule has 0 fully saturated rings. The van der Waals surface area contributed by atoms with Crippen molar-refractivity contribution < 1.29 is 8.76 Å². The van der Waals surface area contributed by atoms with E-state index in [9.17, 15) is 0 Å². The lowest BCUT2D eigenvalue weighted by atomic mass is 10.2. The molecule has 2 N–H and O–H groups in total. The molecule has 0 radical (unpaired) electrons. The fourth-order valence-electron chi connectivity index (χ4n) is 0.589. The van der Waals surface area contributed by atoms with Crippen LogP contribution in [0.1, 0.15) is 5.56 Å². The first-order valence-electron chi connectivity index (χ1n) is 3.18. The van der Waals surface area contributed by atoms with Gasteiger partial charge in [0.2, 0.25) is 0 Å². The molecule has 0 heterocycles. The SMILES string of the molecule is C=Cc1ccccc1.NS(=O)[O-]. The second-order valence-corrected chi connectivity index (χ2v) is 2.40. The first-order valence-corrected chi connectivity index (χ1v) is 4.31. The van der Waals surface area contributed by atoms with Crippen molar-refractivity contribution in [3.63, 3.8) is 0 Å². The summed E-state index contributed by atoms with van der Waals surface area (Å²) in [6.45, 7) is 3.63. The van der Waals surface area contributed by atoms with Crippen molar-refractivity contribution in [1.82, 2.24) is 0 Å². The minimum absolute atomic E-state index is 1.17.